The average Bonchev–Trinajstić information content (AvgIpc) is 2.28. The zero-order valence-corrected chi connectivity index (χ0v) is 9.08. The molecule has 0 aliphatic heterocycles. The highest BCUT2D eigenvalue weighted by atomic mass is 35.5. The highest BCUT2D eigenvalue weighted by Crippen LogP contribution is 2.23. The zero-order valence-electron chi connectivity index (χ0n) is 8.33. The van der Waals surface area contributed by atoms with Crippen LogP contribution in [0, 0.1) is 0 Å². The lowest BCUT2D eigenvalue weighted by Gasteiger charge is -2.10. The minimum absolute atomic E-state index is 0.0847. The third-order valence-corrected chi connectivity index (χ3v) is 1.86. The number of amides is 1. The van der Waals surface area contributed by atoms with Crippen molar-refractivity contribution in [3.63, 3.8) is 0 Å². The van der Waals surface area contributed by atoms with Crippen LogP contribution in [0.25, 0.3) is 0 Å². The summed E-state index contributed by atoms with van der Waals surface area (Å²) in [6, 6.07) is 7.07. The highest BCUT2D eigenvalue weighted by molar-refractivity contribution is 6.29. The monoisotopic (exact) mass is 229 g/mol. The van der Waals surface area contributed by atoms with Crippen molar-refractivity contribution < 1.29 is 14.3 Å². The molecule has 0 saturated heterocycles. The summed E-state index contributed by atoms with van der Waals surface area (Å²) in [6.07, 6.45) is 0. The first-order valence-electron chi connectivity index (χ1n) is 4.34. The van der Waals surface area contributed by atoms with Crippen LogP contribution in [-0.2, 0) is 9.53 Å². The summed E-state index contributed by atoms with van der Waals surface area (Å²) in [7, 11) is 1.53. The molecule has 0 heterocycles. The number of carbonyl (C=O) groups is 1. The molecule has 0 aliphatic carbocycles. The molecule has 0 unspecified atom stereocenters. The summed E-state index contributed by atoms with van der Waals surface area (Å²) in [4.78, 5) is 11.1. The normalized spacial score (nSPS) is 9.73. The minimum atomic E-state index is -0.273. The van der Waals surface area contributed by atoms with Gasteiger partial charge in [-0.1, -0.05) is 12.1 Å². The molecule has 0 aliphatic rings. The molecule has 0 bridgehead atoms. The molecule has 0 fully saturated rings. The van der Waals surface area contributed by atoms with Gasteiger partial charge in [-0.2, -0.15) is 0 Å². The fourth-order valence-corrected chi connectivity index (χ4v) is 1.07. The van der Waals surface area contributed by atoms with Gasteiger partial charge in [-0.05, 0) is 12.1 Å². The maximum Gasteiger partial charge on any atom is 0.239 e. The van der Waals surface area contributed by atoms with E-state index in [1.54, 1.807) is 24.3 Å². The summed E-state index contributed by atoms with van der Waals surface area (Å²) in [5.74, 6) is 0.196. The molecule has 0 aromatic heterocycles. The lowest BCUT2D eigenvalue weighted by Crippen LogP contribution is -2.13. The first-order valence-corrected chi connectivity index (χ1v) is 4.88. The molecular formula is C10H12ClNO3. The Kier molecular flexibility index (Phi) is 4.93. The molecule has 4 nitrogen and oxygen atoms in total. The fraction of sp³-hybridized carbons (Fsp3) is 0.300. The molecule has 0 saturated carbocycles. The van der Waals surface area contributed by atoms with Gasteiger partial charge in [0.2, 0.25) is 5.91 Å². The van der Waals surface area contributed by atoms with Gasteiger partial charge in [0.1, 0.15) is 11.6 Å². The maximum atomic E-state index is 11.1. The van der Waals surface area contributed by atoms with Crippen molar-refractivity contribution in [3.8, 4) is 5.75 Å². The number of anilines is 1. The summed E-state index contributed by atoms with van der Waals surface area (Å²) in [6.45, 7) is 0.133. The number of carbonyl (C=O) groups excluding carboxylic acids is 1. The molecule has 15 heavy (non-hydrogen) atoms. The second-order valence-corrected chi connectivity index (χ2v) is 3.00. The number of para-hydroxylation sites is 2. The van der Waals surface area contributed by atoms with Crippen LogP contribution in [0.2, 0.25) is 0 Å². The van der Waals surface area contributed by atoms with E-state index in [1.165, 1.54) is 7.11 Å². The molecule has 1 aromatic rings. The molecule has 1 rings (SSSR count). The molecular weight excluding hydrogens is 218 g/mol. The molecule has 5 heteroatoms. The Bertz CT molecular complexity index is 330. The number of benzene rings is 1. The Morgan fingerprint density at radius 2 is 2.20 bits per heavy atom. The van der Waals surface area contributed by atoms with E-state index in [-0.39, 0.29) is 18.6 Å². The lowest BCUT2D eigenvalue weighted by molar-refractivity contribution is -0.113. The van der Waals surface area contributed by atoms with Crippen molar-refractivity contribution in [1.82, 2.24) is 0 Å². The average molecular weight is 230 g/mol. The van der Waals surface area contributed by atoms with Crippen molar-refractivity contribution >= 4 is 23.2 Å². The Hall–Kier alpha value is -1.26. The Morgan fingerprint density at radius 3 is 2.87 bits per heavy atom. The number of alkyl halides is 1. The van der Waals surface area contributed by atoms with Gasteiger partial charge in [-0.3, -0.25) is 4.79 Å². The van der Waals surface area contributed by atoms with Gasteiger partial charge in [-0.15, -0.1) is 11.6 Å². The van der Waals surface area contributed by atoms with Crippen LogP contribution < -0.4 is 10.1 Å². The van der Waals surface area contributed by atoms with Crippen molar-refractivity contribution in [2.45, 2.75) is 0 Å². The predicted molar refractivity (Wildman–Crippen MR) is 58.3 cm³/mol. The Balaban J connectivity index is 2.72. The number of methoxy groups -OCH3 is 1. The summed E-state index contributed by atoms with van der Waals surface area (Å²) in [5, 5.41) is 2.62. The van der Waals surface area contributed by atoms with E-state index in [0.717, 1.165) is 0 Å². The Morgan fingerprint density at radius 1 is 1.47 bits per heavy atom. The van der Waals surface area contributed by atoms with Crippen LogP contribution in [0.4, 0.5) is 5.69 Å². The van der Waals surface area contributed by atoms with Gasteiger partial charge in [0.25, 0.3) is 0 Å². The van der Waals surface area contributed by atoms with E-state index >= 15 is 0 Å². The van der Waals surface area contributed by atoms with Crippen LogP contribution in [0.5, 0.6) is 5.75 Å². The van der Waals surface area contributed by atoms with E-state index in [0.29, 0.717) is 11.4 Å². The summed E-state index contributed by atoms with van der Waals surface area (Å²) < 4.78 is 10.0. The van der Waals surface area contributed by atoms with E-state index in [4.69, 9.17) is 21.1 Å². The SMILES string of the molecule is COCOc1ccccc1NC(=O)CCl. The van der Waals surface area contributed by atoms with Crippen molar-refractivity contribution in [3.05, 3.63) is 24.3 Å². The quantitative estimate of drug-likeness (QED) is 0.619. The maximum absolute atomic E-state index is 11.1. The highest BCUT2D eigenvalue weighted by Gasteiger charge is 2.05. The number of halogens is 1. The third kappa shape index (κ3) is 3.77. The van der Waals surface area contributed by atoms with Gasteiger partial charge in [0.15, 0.2) is 6.79 Å². The largest absolute Gasteiger partial charge is 0.465 e. The van der Waals surface area contributed by atoms with Gasteiger partial charge in [0, 0.05) is 7.11 Å². The van der Waals surface area contributed by atoms with Gasteiger partial charge < -0.3 is 14.8 Å². The number of rotatable bonds is 5. The van der Waals surface area contributed by atoms with Crippen molar-refractivity contribution in [2.75, 3.05) is 25.1 Å². The lowest BCUT2D eigenvalue weighted by atomic mass is 10.3. The van der Waals surface area contributed by atoms with Gasteiger partial charge in [0.05, 0.1) is 5.69 Å². The molecule has 0 atom stereocenters. The number of hydrogen-bond donors (Lipinski definition) is 1. The number of hydrogen-bond acceptors (Lipinski definition) is 3. The van der Waals surface area contributed by atoms with Crippen LogP contribution in [-0.4, -0.2) is 25.7 Å². The molecule has 82 valence electrons. The molecule has 1 aromatic carbocycles. The minimum Gasteiger partial charge on any atom is -0.465 e. The van der Waals surface area contributed by atoms with Crippen LogP contribution >= 0.6 is 11.6 Å². The predicted octanol–water partition coefficient (Wildman–Crippen LogP) is 1.85. The van der Waals surface area contributed by atoms with E-state index in [2.05, 4.69) is 5.32 Å². The van der Waals surface area contributed by atoms with Crippen LogP contribution in [0.1, 0.15) is 0 Å². The van der Waals surface area contributed by atoms with E-state index in [1.807, 2.05) is 0 Å². The van der Waals surface area contributed by atoms with Crippen molar-refractivity contribution in [1.29, 1.82) is 0 Å². The number of nitrogens with one attached hydrogen (secondary N) is 1. The van der Waals surface area contributed by atoms with Gasteiger partial charge in [-0.25, -0.2) is 0 Å². The molecule has 1 amide bonds. The summed E-state index contributed by atoms with van der Waals surface area (Å²) in [5.41, 5.74) is 0.584. The Labute approximate surface area is 93.1 Å². The molecule has 0 spiro atoms. The fourth-order valence-electron chi connectivity index (χ4n) is 1.00. The standard InChI is InChI=1S/C10H12ClNO3/c1-14-7-15-9-5-3-2-4-8(9)12-10(13)6-11/h2-5H,6-7H2,1H3,(H,12,13). The van der Waals surface area contributed by atoms with Gasteiger partial charge >= 0.3 is 0 Å². The first-order chi connectivity index (χ1) is 7.27. The second kappa shape index (κ2) is 6.27. The smallest absolute Gasteiger partial charge is 0.239 e. The topological polar surface area (TPSA) is 47.6 Å². The van der Waals surface area contributed by atoms with Crippen LogP contribution in [0.3, 0.4) is 0 Å². The summed E-state index contributed by atoms with van der Waals surface area (Å²) >= 11 is 5.38. The van der Waals surface area contributed by atoms with E-state index in [9.17, 15) is 4.79 Å². The molecule has 0 radical (unpaired) electrons. The number of ether oxygens (including phenoxy) is 2. The molecule has 1 N–H and O–H groups in total. The van der Waals surface area contributed by atoms with Crippen LogP contribution in [0.15, 0.2) is 24.3 Å². The first kappa shape index (κ1) is 11.8. The van der Waals surface area contributed by atoms with E-state index < -0.39 is 0 Å². The zero-order chi connectivity index (χ0) is 11.1. The third-order valence-electron chi connectivity index (χ3n) is 1.61. The second-order valence-electron chi connectivity index (χ2n) is 2.73. The van der Waals surface area contributed by atoms with Crippen molar-refractivity contribution in [2.24, 2.45) is 0 Å².